The van der Waals surface area contributed by atoms with Crippen LogP contribution in [0.5, 0.6) is 0 Å². The van der Waals surface area contributed by atoms with E-state index >= 15 is 0 Å². The molecule has 20 heavy (non-hydrogen) atoms. The number of anilines is 1. The summed E-state index contributed by atoms with van der Waals surface area (Å²) in [6.45, 7) is 2.13. The van der Waals surface area contributed by atoms with Gasteiger partial charge in [-0.1, -0.05) is 13.3 Å². The molecule has 0 aromatic heterocycles. The van der Waals surface area contributed by atoms with Gasteiger partial charge in [0.25, 0.3) is 11.6 Å². The summed E-state index contributed by atoms with van der Waals surface area (Å²) in [4.78, 5) is 22.4. The van der Waals surface area contributed by atoms with Crippen LogP contribution in [0.25, 0.3) is 0 Å². The molecule has 2 rings (SSSR count). The second kappa shape index (κ2) is 5.90. The van der Waals surface area contributed by atoms with E-state index in [-0.39, 0.29) is 17.6 Å². The normalized spacial score (nSPS) is 20.3. The van der Waals surface area contributed by atoms with Crippen molar-refractivity contribution >= 4 is 17.3 Å². The van der Waals surface area contributed by atoms with Crippen molar-refractivity contribution in [1.82, 2.24) is 5.32 Å². The van der Waals surface area contributed by atoms with Crippen LogP contribution in [0.15, 0.2) is 18.2 Å². The number of amides is 1. The SMILES string of the molecule is CCCC1CC1NC(=O)c1ccc([N+](=O)[O-])c(NC)c1. The van der Waals surface area contributed by atoms with E-state index in [9.17, 15) is 14.9 Å². The van der Waals surface area contributed by atoms with Gasteiger partial charge >= 0.3 is 0 Å². The minimum absolute atomic E-state index is 0.0284. The first-order valence-electron chi connectivity index (χ1n) is 6.83. The molecule has 6 heteroatoms. The fourth-order valence-electron chi connectivity index (χ4n) is 2.40. The summed E-state index contributed by atoms with van der Waals surface area (Å²) in [5.74, 6) is 0.422. The first kappa shape index (κ1) is 14.3. The first-order chi connectivity index (χ1) is 9.56. The fraction of sp³-hybridized carbons (Fsp3) is 0.500. The number of hydrogen-bond acceptors (Lipinski definition) is 4. The molecule has 1 fully saturated rings. The van der Waals surface area contributed by atoms with Crippen LogP contribution in [-0.2, 0) is 0 Å². The van der Waals surface area contributed by atoms with Gasteiger partial charge in [-0.25, -0.2) is 0 Å². The molecule has 1 saturated carbocycles. The number of rotatable bonds is 6. The van der Waals surface area contributed by atoms with E-state index in [1.54, 1.807) is 7.05 Å². The van der Waals surface area contributed by atoms with Gasteiger partial charge in [0, 0.05) is 24.7 Å². The minimum Gasteiger partial charge on any atom is -0.383 e. The monoisotopic (exact) mass is 277 g/mol. The number of nitro groups is 1. The molecule has 1 aliphatic carbocycles. The van der Waals surface area contributed by atoms with Crippen LogP contribution < -0.4 is 10.6 Å². The fourth-order valence-corrected chi connectivity index (χ4v) is 2.40. The maximum absolute atomic E-state index is 12.1. The molecule has 2 unspecified atom stereocenters. The minimum atomic E-state index is -0.467. The molecule has 1 amide bonds. The molecule has 0 heterocycles. The summed E-state index contributed by atoms with van der Waals surface area (Å²) in [5.41, 5.74) is 0.769. The van der Waals surface area contributed by atoms with Gasteiger partial charge in [0.15, 0.2) is 0 Å². The number of nitrogens with zero attached hydrogens (tertiary/aromatic N) is 1. The van der Waals surface area contributed by atoms with Crippen molar-refractivity contribution in [3.8, 4) is 0 Å². The topological polar surface area (TPSA) is 84.3 Å². The van der Waals surface area contributed by atoms with E-state index in [0.717, 1.165) is 19.3 Å². The van der Waals surface area contributed by atoms with Crippen LogP contribution in [-0.4, -0.2) is 23.9 Å². The zero-order chi connectivity index (χ0) is 14.7. The summed E-state index contributed by atoms with van der Waals surface area (Å²) < 4.78 is 0. The second-order valence-corrected chi connectivity index (χ2v) is 5.10. The Balaban J connectivity index is 2.05. The van der Waals surface area contributed by atoms with Gasteiger partial charge in [-0.3, -0.25) is 14.9 Å². The molecule has 1 aromatic rings. The molecule has 6 nitrogen and oxygen atoms in total. The van der Waals surface area contributed by atoms with Crippen LogP contribution >= 0.6 is 0 Å². The standard InChI is InChI=1S/C14H19N3O3/c1-3-4-9-7-11(9)16-14(18)10-5-6-13(17(19)20)12(8-10)15-2/h5-6,8-9,11,15H,3-4,7H2,1-2H3,(H,16,18). The predicted molar refractivity (Wildman–Crippen MR) is 76.9 cm³/mol. The second-order valence-electron chi connectivity index (χ2n) is 5.10. The van der Waals surface area contributed by atoms with E-state index in [1.165, 1.54) is 18.2 Å². The Morgan fingerprint density at radius 1 is 1.50 bits per heavy atom. The van der Waals surface area contributed by atoms with Crippen LogP contribution in [0.4, 0.5) is 11.4 Å². The Hall–Kier alpha value is -2.11. The van der Waals surface area contributed by atoms with Gasteiger partial charge in [0.1, 0.15) is 5.69 Å². The molecule has 0 saturated heterocycles. The van der Waals surface area contributed by atoms with Gasteiger partial charge in [-0.05, 0) is 30.9 Å². The Labute approximate surface area is 117 Å². The lowest BCUT2D eigenvalue weighted by Gasteiger charge is -2.07. The predicted octanol–water partition coefficient (Wildman–Crippen LogP) is 2.55. The number of benzene rings is 1. The van der Waals surface area contributed by atoms with Gasteiger partial charge in [0.2, 0.25) is 0 Å². The number of nitrogens with one attached hydrogen (secondary N) is 2. The summed E-state index contributed by atoms with van der Waals surface area (Å²) >= 11 is 0. The third kappa shape index (κ3) is 3.07. The highest BCUT2D eigenvalue weighted by molar-refractivity contribution is 5.96. The Morgan fingerprint density at radius 3 is 2.85 bits per heavy atom. The molecule has 1 aliphatic rings. The van der Waals surface area contributed by atoms with E-state index in [2.05, 4.69) is 17.6 Å². The third-order valence-corrected chi connectivity index (χ3v) is 3.62. The molecule has 0 radical (unpaired) electrons. The van der Waals surface area contributed by atoms with Crippen LogP contribution in [0.2, 0.25) is 0 Å². The molecule has 2 N–H and O–H groups in total. The van der Waals surface area contributed by atoms with Crippen LogP contribution in [0.1, 0.15) is 36.5 Å². The van der Waals surface area contributed by atoms with Crippen molar-refractivity contribution < 1.29 is 9.72 Å². The number of carbonyl (C=O) groups excluding carboxylic acids is 1. The Bertz CT molecular complexity index is 530. The zero-order valence-electron chi connectivity index (χ0n) is 11.7. The molecule has 108 valence electrons. The molecule has 2 atom stereocenters. The Morgan fingerprint density at radius 2 is 2.25 bits per heavy atom. The first-order valence-corrected chi connectivity index (χ1v) is 6.83. The quantitative estimate of drug-likeness (QED) is 0.618. The van der Waals surface area contributed by atoms with E-state index in [1.807, 2.05) is 0 Å². The highest BCUT2D eigenvalue weighted by Gasteiger charge is 2.37. The average molecular weight is 277 g/mol. The lowest BCUT2D eigenvalue weighted by Crippen LogP contribution is -2.26. The number of carbonyl (C=O) groups is 1. The van der Waals surface area contributed by atoms with Crippen molar-refractivity contribution in [3.05, 3.63) is 33.9 Å². The molecular formula is C14H19N3O3. The molecule has 0 aliphatic heterocycles. The molecule has 1 aromatic carbocycles. The third-order valence-electron chi connectivity index (χ3n) is 3.62. The smallest absolute Gasteiger partial charge is 0.292 e. The van der Waals surface area contributed by atoms with Gasteiger partial charge in [-0.15, -0.1) is 0 Å². The van der Waals surface area contributed by atoms with Gasteiger partial charge in [0.05, 0.1) is 4.92 Å². The van der Waals surface area contributed by atoms with E-state index in [4.69, 9.17) is 0 Å². The molecular weight excluding hydrogens is 258 g/mol. The summed E-state index contributed by atoms with van der Waals surface area (Å²) in [5, 5.41) is 16.5. The maximum Gasteiger partial charge on any atom is 0.292 e. The zero-order valence-corrected chi connectivity index (χ0v) is 11.7. The largest absolute Gasteiger partial charge is 0.383 e. The Kier molecular flexibility index (Phi) is 4.22. The van der Waals surface area contributed by atoms with Crippen LogP contribution in [0.3, 0.4) is 0 Å². The summed E-state index contributed by atoms with van der Waals surface area (Å²) in [7, 11) is 1.60. The van der Waals surface area contributed by atoms with Crippen molar-refractivity contribution in [2.45, 2.75) is 32.2 Å². The number of hydrogen-bond donors (Lipinski definition) is 2. The van der Waals surface area contributed by atoms with Gasteiger partial charge < -0.3 is 10.6 Å². The van der Waals surface area contributed by atoms with Crippen LogP contribution in [0, 0.1) is 16.0 Å². The summed E-state index contributed by atoms with van der Waals surface area (Å²) in [6, 6.07) is 4.63. The van der Waals surface area contributed by atoms with Crippen molar-refractivity contribution in [3.63, 3.8) is 0 Å². The van der Waals surface area contributed by atoms with Gasteiger partial charge in [-0.2, -0.15) is 0 Å². The lowest BCUT2D eigenvalue weighted by atomic mass is 10.1. The lowest BCUT2D eigenvalue weighted by molar-refractivity contribution is -0.383. The maximum atomic E-state index is 12.1. The van der Waals surface area contributed by atoms with E-state index < -0.39 is 4.92 Å². The van der Waals surface area contributed by atoms with Crippen molar-refractivity contribution in [1.29, 1.82) is 0 Å². The average Bonchev–Trinajstić information content (AvgIpc) is 3.16. The number of nitro benzene ring substituents is 1. The van der Waals surface area contributed by atoms with E-state index in [0.29, 0.717) is 17.2 Å². The molecule has 0 spiro atoms. The van der Waals surface area contributed by atoms with Crippen molar-refractivity contribution in [2.75, 3.05) is 12.4 Å². The highest BCUT2D eigenvalue weighted by atomic mass is 16.6. The van der Waals surface area contributed by atoms with Crippen molar-refractivity contribution in [2.24, 2.45) is 5.92 Å². The highest BCUT2D eigenvalue weighted by Crippen LogP contribution is 2.35. The summed E-state index contributed by atoms with van der Waals surface area (Å²) in [6.07, 6.45) is 3.29. The molecule has 0 bridgehead atoms.